The fourth-order valence-corrected chi connectivity index (χ4v) is 0.819. The molecule has 0 aromatic heterocycles. The van der Waals surface area contributed by atoms with Gasteiger partial charge in [-0.1, -0.05) is 24.1 Å². The van der Waals surface area contributed by atoms with Gasteiger partial charge in [-0.15, -0.1) is 6.58 Å². The molecule has 0 heterocycles. The van der Waals surface area contributed by atoms with E-state index >= 15 is 0 Å². The van der Waals surface area contributed by atoms with Crippen molar-refractivity contribution in [3.05, 3.63) is 17.6 Å². The summed E-state index contributed by atoms with van der Waals surface area (Å²) in [5.41, 5.74) is 0. The first-order chi connectivity index (χ1) is 4.91. The number of nitrogens with zero attached hydrogens (tertiary/aromatic N) is 1. The van der Waals surface area contributed by atoms with Gasteiger partial charge in [0.2, 0.25) is 0 Å². The van der Waals surface area contributed by atoms with Gasteiger partial charge in [0.05, 0.1) is 6.54 Å². The topological polar surface area (TPSA) is 29.4 Å². The van der Waals surface area contributed by atoms with Gasteiger partial charge in [0.1, 0.15) is 0 Å². The summed E-state index contributed by atoms with van der Waals surface area (Å²) in [7, 11) is 0. The first kappa shape index (κ1) is 9.34. The van der Waals surface area contributed by atoms with Gasteiger partial charge in [-0.05, 0) is 19.3 Å². The van der Waals surface area contributed by atoms with Crippen LogP contribution in [-0.2, 0) is 0 Å². The Bertz CT molecular complexity index is 79.3. The fourth-order valence-electron chi connectivity index (χ4n) is 0.819. The van der Waals surface area contributed by atoms with Crippen LogP contribution < -0.4 is 0 Å². The van der Waals surface area contributed by atoms with Crippen LogP contribution in [0.25, 0.3) is 0 Å². The minimum atomic E-state index is 0.480. The molecule has 0 unspecified atom stereocenters. The van der Waals surface area contributed by atoms with Crippen molar-refractivity contribution in [2.45, 2.75) is 32.1 Å². The predicted molar refractivity (Wildman–Crippen MR) is 43.9 cm³/mol. The molecule has 0 aliphatic heterocycles. The molecule has 0 N–H and O–H groups in total. The molecule has 0 amide bonds. The Morgan fingerprint density at radius 3 is 2.50 bits per heavy atom. The van der Waals surface area contributed by atoms with Gasteiger partial charge in [-0.25, -0.2) is 0 Å². The van der Waals surface area contributed by atoms with Crippen molar-refractivity contribution in [2.24, 2.45) is 5.18 Å². The van der Waals surface area contributed by atoms with E-state index in [1.165, 1.54) is 12.8 Å². The standard InChI is InChI=1S/C8H15NO/c1-2-3-4-5-6-7-8-9-10/h2H,1,3-8H2. The molecule has 2 nitrogen and oxygen atoms in total. The van der Waals surface area contributed by atoms with Gasteiger partial charge < -0.3 is 0 Å². The molecule has 0 radical (unpaired) electrons. The first-order valence-corrected chi connectivity index (χ1v) is 3.82. The molecule has 0 aliphatic carbocycles. The van der Waals surface area contributed by atoms with E-state index in [1.807, 2.05) is 6.08 Å². The van der Waals surface area contributed by atoms with Gasteiger partial charge in [-0.3, -0.25) is 0 Å². The second-order valence-electron chi connectivity index (χ2n) is 2.34. The Kier molecular flexibility index (Phi) is 7.79. The van der Waals surface area contributed by atoms with E-state index in [-0.39, 0.29) is 0 Å². The van der Waals surface area contributed by atoms with Crippen LogP contribution in [0.3, 0.4) is 0 Å². The highest BCUT2D eigenvalue weighted by Gasteiger charge is 1.87. The van der Waals surface area contributed by atoms with Crippen molar-refractivity contribution in [1.29, 1.82) is 0 Å². The van der Waals surface area contributed by atoms with E-state index in [1.54, 1.807) is 0 Å². The van der Waals surface area contributed by atoms with Gasteiger partial charge in [-0.2, -0.15) is 4.91 Å². The smallest absolute Gasteiger partial charge is 0.0811 e. The third kappa shape index (κ3) is 7.34. The van der Waals surface area contributed by atoms with Crippen molar-refractivity contribution >= 4 is 0 Å². The number of allylic oxidation sites excluding steroid dienone is 1. The van der Waals surface area contributed by atoms with Crippen LogP contribution in [0, 0.1) is 4.91 Å². The van der Waals surface area contributed by atoms with Crippen LogP contribution in [0.4, 0.5) is 0 Å². The van der Waals surface area contributed by atoms with Gasteiger partial charge in [0, 0.05) is 0 Å². The Hall–Kier alpha value is -0.660. The molecule has 58 valence electrons. The lowest BCUT2D eigenvalue weighted by molar-refractivity contribution is 0.652. The molecule has 2 heteroatoms. The summed E-state index contributed by atoms with van der Waals surface area (Å²) in [5.74, 6) is 0. The number of rotatable bonds is 7. The van der Waals surface area contributed by atoms with Crippen molar-refractivity contribution in [2.75, 3.05) is 6.54 Å². The van der Waals surface area contributed by atoms with Crippen molar-refractivity contribution < 1.29 is 0 Å². The molecule has 0 aliphatic rings. The summed E-state index contributed by atoms with van der Waals surface area (Å²) in [6, 6.07) is 0. The Balaban J connectivity index is 2.76. The number of unbranched alkanes of at least 4 members (excludes halogenated alkanes) is 4. The van der Waals surface area contributed by atoms with Gasteiger partial charge in [0.25, 0.3) is 0 Å². The monoisotopic (exact) mass is 141 g/mol. The molecule has 10 heavy (non-hydrogen) atoms. The average Bonchev–Trinajstić information content (AvgIpc) is 1.97. The third-order valence-corrected chi connectivity index (χ3v) is 1.41. The van der Waals surface area contributed by atoms with E-state index in [4.69, 9.17) is 0 Å². The molecule has 0 bridgehead atoms. The van der Waals surface area contributed by atoms with E-state index in [0.29, 0.717) is 6.54 Å². The van der Waals surface area contributed by atoms with Crippen LogP contribution in [0.5, 0.6) is 0 Å². The highest BCUT2D eigenvalue weighted by Crippen LogP contribution is 2.02. The normalized spacial score (nSPS) is 9.20. The molecule has 0 aromatic rings. The van der Waals surface area contributed by atoms with Crippen molar-refractivity contribution in [3.63, 3.8) is 0 Å². The van der Waals surface area contributed by atoms with Gasteiger partial charge >= 0.3 is 0 Å². The maximum atomic E-state index is 9.63. The predicted octanol–water partition coefficient (Wildman–Crippen LogP) is 2.89. The Labute approximate surface area is 62.3 Å². The summed E-state index contributed by atoms with van der Waals surface area (Å²) < 4.78 is 0. The average molecular weight is 141 g/mol. The van der Waals surface area contributed by atoms with Crippen LogP contribution in [0.2, 0.25) is 0 Å². The van der Waals surface area contributed by atoms with Gasteiger partial charge in [0.15, 0.2) is 0 Å². The van der Waals surface area contributed by atoms with Crippen LogP contribution in [0.15, 0.2) is 17.8 Å². The zero-order chi connectivity index (χ0) is 7.66. The second-order valence-corrected chi connectivity index (χ2v) is 2.34. The summed E-state index contributed by atoms with van der Waals surface area (Å²) in [6.45, 7) is 4.11. The lowest BCUT2D eigenvalue weighted by Crippen LogP contribution is -1.80. The largest absolute Gasteiger partial charge is 0.151 e. The van der Waals surface area contributed by atoms with E-state index < -0.39 is 0 Å². The molecule has 0 saturated heterocycles. The summed E-state index contributed by atoms with van der Waals surface area (Å²) in [4.78, 5) is 9.63. The SMILES string of the molecule is C=CCCCCCCN=O. The quantitative estimate of drug-likeness (QED) is 0.304. The molecule has 0 saturated carbocycles. The summed E-state index contributed by atoms with van der Waals surface area (Å²) >= 11 is 0. The molecular weight excluding hydrogens is 126 g/mol. The zero-order valence-corrected chi connectivity index (χ0v) is 6.38. The number of hydrogen-bond donors (Lipinski definition) is 0. The Morgan fingerprint density at radius 1 is 1.20 bits per heavy atom. The molecule has 0 spiro atoms. The lowest BCUT2D eigenvalue weighted by Gasteiger charge is -1.93. The minimum absolute atomic E-state index is 0.480. The van der Waals surface area contributed by atoms with E-state index in [0.717, 1.165) is 19.3 Å². The minimum Gasteiger partial charge on any atom is -0.151 e. The fraction of sp³-hybridized carbons (Fsp3) is 0.750. The van der Waals surface area contributed by atoms with Crippen LogP contribution in [-0.4, -0.2) is 6.54 Å². The molecule has 0 fully saturated rings. The lowest BCUT2D eigenvalue weighted by atomic mass is 10.1. The highest BCUT2D eigenvalue weighted by atomic mass is 16.3. The highest BCUT2D eigenvalue weighted by molar-refractivity contribution is 4.65. The number of hydrogen-bond acceptors (Lipinski definition) is 2. The second kappa shape index (κ2) is 8.34. The molecule has 0 rings (SSSR count). The maximum absolute atomic E-state index is 9.63. The van der Waals surface area contributed by atoms with E-state index in [2.05, 4.69) is 11.8 Å². The summed E-state index contributed by atoms with van der Waals surface area (Å²) in [6.07, 6.45) is 7.48. The van der Waals surface area contributed by atoms with E-state index in [9.17, 15) is 4.91 Å². The van der Waals surface area contributed by atoms with Crippen LogP contribution >= 0.6 is 0 Å². The summed E-state index contributed by atoms with van der Waals surface area (Å²) in [5, 5.41) is 2.78. The maximum Gasteiger partial charge on any atom is 0.0811 e. The Morgan fingerprint density at radius 2 is 1.90 bits per heavy atom. The van der Waals surface area contributed by atoms with Crippen molar-refractivity contribution in [1.82, 2.24) is 0 Å². The molecular formula is C8H15NO. The molecule has 0 aromatic carbocycles. The molecule has 0 atom stereocenters. The third-order valence-electron chi connectivity index (χ3n) is 1.41. The first-order valence-electron chi connectivity index (χ1n) is 3.82. The zero-order valence-electron chi connectivity index (χ0n) is 6.38. The van der Waals surface area contributed by atoms with Crippen LogP contribution in [0.1, 0.15) is 32.1 Å². The van der Waals surface area contributed by atoms with Crippen molar-refractivity contribution in [3.8, 4) is 0 Å². The number of nitroso groups, excluding NO2 is 1.